The van der Waals surface area contributed by atoms with E-state index in [1.54, 1.807) is 18.2 Å². The van der Waals surface area contributed by atoms with Gasteiger partial charge in [0, 0.05) is 10.9 Å². The average molecular weight is 389 g/mol. The van der Waals surface area contributed by atoms with Crippen molar-refractivity contribution in [2.45, 2.75) is 12.8 Å². The van der Waals surface area contributed by atoms with E-state index in [2.05, 4.69) is 26.6 Å². The minimum Gasteiger partial charge on any atom is -0.347 e. The second-order valence-electron chi connectivity index (χ2n) is 5.28. The van der Waals surface area contributed by atoms with Crippen molar-refractivity contribution in [3.63, 3.8) is 0 Å². The Labute approximate surface area is 137 Å². The van der Waals surface area contributed by atoms with Gasteiger partial charge in [-0.15, -0.1) is 0 Å². The van der Waals surface area contributed by atoms with Crippen LogP contribution < -0.4 is 10.6 Å². The van der Waals surface area contributed by atoms with E-state index in [0.29, 0.717) is 12.1 Å². The fraction of sp³-hybridized carbons (Fsp3) is 0.429. The monoisotopic (exact) mass is 388 g/mol. The number of anilines is 1. The molecule has 0 spiro atoms. The minimum atomic E-state index is -2.98. The number of hydrogen-bond acceptors (Lipinski definition) is 4. The van der Waals surface area contributed by atoms with Gasteiger partial charge in [0.05, 0.1) is 23.7 Å². The van der Waals surface area contributed by atoms with E-state index in [1.165, 1.54) is 0 Å². The van der Waals surface area contributed by atoms with Crippen molar-refractivity contribution in [3.8, 4) is 0 Å². The molecule has 1 aromatic carbocycles. The average Bonchev–Trinajstić information content (AvgIpc) is 2.78. The van der Waals surface area contributed by atoms with Crippen molar-refractivity contribution < 1.29 is 18.0 Å². The molecule has 0 unspecified atom stereocenters. The van der Waals surface area contributed by atoms with Crippen molar-refractivity contribution in [2.24, 2.45) is 5.92 Å². The van der Waals surface area contributed by atoms with E-state index in [4.69, 9.17) is 0 Å². The molecule has 1 heterocycles. The zero-order valence-electron chi connectivity index (χ0n) is 11.8. The summed E-state index contributed by atoms with van der Waals surface area (Å²) in [5.41, 5.74) is 0.628. The zero-order valence-corrected chi connectivity index (χ0v) is 14.2. The van der Waals surface area contributed by atoms with Crippen LogP contribution in [0.15, 0.2) is 28.7 Å². The third-order valence-electron chi connectivity index (χ3n) is 3.39. The molecule has 6 nitrogen and oxygen atoms in total. The van der Waals surface area contributed by atoms with Crippen LogP contribution in [0.3, 0.4) is 0 Å². The molecule has 0 aliphatic carbocycles. The van der Waals surface area contributed by atoms with Crippen LogP contribution in [-0.2, 0) is 19.4 Å². The highest BCUT2D eigenvalue weighted by Crippen LogP contribution is 2.22. The van der Waals surface area contributed by atoms with E-state index in [9.17, 15) is 18.0 Å². The van der Waals surface area contributed by atoms with Gasteiger partial charge in [-0.1, -0.05) is 12.1 Å². The third kappa shape index (κ3) is 5.10. The second kappa shape index (κ2) is 7.23. The van der Waals surface area contributed by atoms with Crippen LogP contribution in [0.2, 0.25) is 0 Å². The highest BCUT2D eigenvalue weighted by Gasteiger charge is 2.29. The van der Waals surface area contributed by atoms with Crippen molar-refractivity contribution in [3.05, 3.63) is 28.7 Å². The highest BCUT2D eigenvalue weighted by molar-refractivity contribution is 9.10. The lowest BCUT2D eigenvalue weighted by molar-refractivity contribution is -0.124. The number of para-hydroxylation sites is 1. The summed E-state index contributed by atoms with van der Waals surface area (Å²) in [6, 6.07) is 7.17. The van der Waals surface area contributed by atoms with Crippen molar-refractivity contribution in [1.82, 2.24) is 5.32 Å². The molecular weight excluding hydrogens is 372 g/mol. The second-order valence-corrected chi connectivity index (χ2v) is 8.36. The van der Waals surface area contributed by atoms with Crippen LogP contribution in [0.25, 0.3) is 0 Å². The van der Waals surface area contributed by atoms with Crippen LogP contribution in [0.5, 0.6) is 0 Å². The quantitative estimate of drug-likeness (QED) is 0.795. The highest BCUT2D eigenvalue weighted by atomic mass is 79.9. The molecule has 1 aromatic rings. The molecule has 0 saturated carbocycles. The molecule has 2 amide bonds. The lowest BCUT2D eigenvalue weighted by atomic mass is 10.1. The van der Waals surface area contributed by atoms with Crippen LogP contribution in [0.4, 0.5) is 5.69 Å². The van der Waals surface area contributed by atoms with Crippen LogP contribution >= 0.6 is 15.9 Å². The fourth-order valence-electron chi connectivity index (χ4n) is 2.30. The maximum absolute atomic E-state index is 11.8. The summed E-state index contributed by atoms with van der Waals surface area (Å²) < 4.78 is 23.4. The first-order valence-electron chi connectivity index (χ1n) is 6.87. The first-order chi connectivity index (χ1) is 10.4. The summed E-state index contributed by atoms with van der Waals surface area (Å²) in [7, 11) is -2.98. The first-order valence-corrected chi connectivity index (χ1v) is 9.49. The fourth-order valence-corrected chi connectivity index (χ4v) is 4.55. The SMILES string of the molecule is O=C(C[C@@H]1CCS(=O)(=O)C1)NCC(=O)Nc1ccccc1Br. The number of sulfone groups is 1. The van der Waals surface area contributed by atoms with E-state index in [0.717, 1.165) is 4.47 Å². The molecule has 2 N–H and O–H groups in total. The lowest BCUT2D eigenvalue weighted by Crippen LogP contribution is -2.34. The molecule has 1 atom stereocenters. The van der Waals surface area contributed by atoms with Crippen LogP contribution in [0.1, 0.15) is 12.8 Å². The predicted molar refractivity (Wildman–Crippen MR) is 87.2 cm³/mol. The van der Waals surface area contributed by atoms with Gasteiger partial charge in [0.25, 0.3) is 0 Å². The maximum atomic E-state index is 11.8. The Bertz CT molecular complexity index is 675. The molecule has 0 radical (unpaired) electrons. The lowest BCUT2D eigenvalue weighted by Gasteiger charge is -2.10. The smallest absolute Gasteiger partial charge is 0.243 e. The van der Waals surface area contributed by atoms with Crippen molar-refractivity contribution >= 4 is 43.3 Å². The summed E-state index contributed by atoms with van der Waals surface area (Å²) in [4.78, 5) is 23.5. The summed E-state index contributed by atoms with van der Waals surface area (Å²) in [5, 5.41) is 5.19. The molecule has 1 aliphatic heterocycles. The molecule has 8 heteroatoms. The normalized spacial score (nSPS) is 19.6. The first kappa shape index (κ1) is 17.0. The number of carbonyl (C=O) groups excluding carboxylic acids is 2. The van der Waals surface area contributed by atoms with E-state index < -0.39 is 9.84 Å². The van der Waals surface area contributed by atoms with E-state index >= 15 is 0 Å². The largest absolute Gasteiger partial charge is 0.347 e. The summed E-state index contributed by atoms with van der Waals surface area (Å²) in [5.74, 6) is -0.572. The number of benzene rings is 1. The summed E-state index contributed by atoms with van der Waals surface area (Å²) in [6.07, 6.45) is 0.653. The molecule has 0 bridgehead atoms. The van der Waals surface area contributed by atoms with Gasteiger partial charge in [-0.3, -0.25) is 9.59 Å². The van der Waals surface area contributed by atoms with E-state index in [1.807, 2.05) is 6.07 Å². The molecule has 120 valence electrons. The molecule has 1 saturated heterocycles. The molecule has 2 rings (SSSR count). The summed E-state index contributed by atoms with van der Waals surface area (Å²) in [6.45, 7) is -0.139. The van der Waals surface area contributed by atoms with Gasteiger partial charge in [-0.05, 0) is 40.4 Å². The van der Waals surface area contributed by atoms with Gasteiger partial charge >= 0.3 is 0 Å². The van der Waals surface area contributed by atoms with Crippen LogP contribution in [0, 0.1) is 5.92 Å². The number of amides is 2. The predicted octanol–water partition coefficient (Wildman–Crippen LogP) is 1.33. The Morgan fingerprint density at radius 1 is 1.23 bits per heavy atom. The van der Waals surface area contributed by atoms with Gasteiger partial charge in [0.2, 0.25) is 11.8 Å². The Kier molecular flexibility index (Phi) is 5.57. The molecular formula is C14H17BrN2O4S. The van der Waals surface area contributed by atoms with Gasteiger partial charge in [-0.2, -0.15) is 0 Å². The summed E-state index contributed by atoms with van der Waals surface area (Å²) >= 11 is 3.31. The third-order valence-corrected chi connectivity index (χ3v) is 5.92. The number of nitrogens with one attached hydrogen (secondary N) is 2. The maximum Gasteiger partial charge on any atom is 0.243 e. The van der Waals surface area contributed by atoms with E-state index in [-0.39, 0.29) is 42.2 Å². The Morgan fingerprint density at radius 3 is 2.59 bits per heavy atom. The Morgan fingerprint density at radius 2 is 1.95 bits per heavy atom. The number of hydrogen-bond donors (Lipinski definition) is 2. The van der Waals surface area contributed by atoms with Crippen LogP contribution in [-0.4, -0.2) is 38.3 Å². The topological polar surface area (TPSA) is 92.3 Å². The molecule has 1 fully saturated rings. The Balaban J connectivity index is 1.74. The molecule has 22 heavy (non-hydrogen) atoms. The van der Waals surface area contributed by atoms with Gasteiger partial charge in [-0.25, -0.2) is 8.42 Å². The zero-order chi connectivity index (χ0) is 16.2. The molecule has 0 aromatic heterocycles. The Hall–Kier alpha value is -1.41. The van der Waals surface area contributed by atoms with Gasteiger partial charge < -0.3 is 10.6 Å². The number of rotatable bonds is 5. The standard InChI is InChI=1S/C14H17BrN2O4S/c15-11-3-1-2-4-12(11)17-14(19)8-16-13(18)7-10-5-6-22(20,21)9-10/h1-4,10H,5-9H2,(H,16,18)(H,17,19)/t10-/m0/s1. The number of halogens is 1. The van der Waals surface area contributed by atoms with Crippen molar-refractivity contribution in [1.29, 1.82) is 0 Å². The molecule has 1 aliphatic rings. The van der Waals surface area contributed by atoms with Crippen molar-refractivity contribution in [2.75, 3.05) is 23.4 Å². The number of carbonyl (C=O) groups is 2. The minimum absolute atomic E-state index is 0.0591. The van der Waals surface area contributed by atoms with Gasteiger partial charge in [0.15, 0.2) is 9.84 Å². The van der Waals surface area contributed by atoms with Gasteiger partial charge in [0.1, 0.15) is 0 Å².